The molecule has 0 fully saturated rings. The third-order valence-electron chi connectivity index (χ3n) is 4.68. The molecule has 0 unspecified atom stereocenters. The molecule has 0 saturated heterocycles. The molecule has 4 aromatic rings. The van der Waals surface area contributed by atoms with Crippen molar-refractivity contribution in [3.63, 3.8) is 0 Å². The number of aromatic nitrogens is 1. The van der Waals surface area contributed by atoms with Crippen molar-refractivity contribution < 1.29 is 13.2 Å². The van der Waals surface area contributed by atoms with E-state index in [9.17, 15) is 18.0 Å². The Morgan fingerprint density at radius 3 is 2.39 bits per heavy atom. The molecule has 166 valence electrons. The molecule has 1 amide bonds. The number of hydrogen-bond donors (Lipinski definition) is 3. The maximum absolute atomic E-state index is 12.4. The van der Waals surface area contributed by atoms with Gasteiger partial charge in [0.2, 0.25) is 0 Å². The Morgan fingerprint density at radius 1 is 0.970 bits per heavy atom. The number of carbonyl (C=O) groups is 1. The van der Waals surface area contributed by atoms with E-state index in [4.69, 9.17) is 11.6 Å². The van der Waals surface area contributed by atoms with E-state index in [0.717, 1.165) is 5.39 Å². The SMILES string of the molecule is O=C(NN=Cc1cc2ccccc2[nH]c1=O)c1ccc(NS(=O)(=O)c2ccc(Cl)cc2)cc1. The van der Waals surface area contributed by atoms with Crippen LogP contribution in [0.1, 0.15) is 15.9 Å². The van der Waals surface area contributed by atoms with E-state index in [-0.39, 0.29) is 21.7 Å². The van der Waals surface area contributed by atoms with E-state index in [1.54, 1.807) is 12.1 Å². The molecule has 3 aromatic carbocycles. The van der Waals surface area contributed by atoms with Crippen molar-refractivity contribution in [3.8, 4) is 0 Å². The minimum atomic E-state index is -3.79. The van der Waals surface area contributed by atoms with Gasteiger partial charge in [-0.1, -0.05) is 29.8 Å². The number of hydrogen-bond acceptors (Lipinski definition) is 5. The van der Waals surface area contributed by atoms with Crippen molar-refractivity contribution in [2.24, 2.45) is 5.10 Å². The van der Waals surface area contributed by atoms with Crippen LogP contribution in [0.3, 0.4) is 0 Å². The highest BCUT2D eigenvalue weighted by Crippen LogP contribution is 2.18. The highest BCUT2D eigenvalue weighted by atomic mass is 35.5. The van der Waals surface area contributed by atoms with Gasteiger partial charge in [-0.3, -0.25) is 14.3 Å². The lowest BCUT2D eigenvalue weighted by molar-refractivity contribution is 0.0955. The number of para-hydroxylation sites is 1. The summed E-state index contributed by atoms with van der Waals surface area (Å²) >= 11 is 5.79. The van der Waals surface area contributed by atoms with Crippen molar-refractivity contribution in [1.82, 2.24) is 10.4 Å². The fraction of sp³-hybridized carbons (Fsp3) is 0. The predicted molar refractivity (Wildman–Crippen MR) is 128 cm³/mol. The lowest BCUT2D eigenvalue weighted by atomic mass is 10.2. The van der Waals surface area contributed by atoms with Crippen LogP contribution in [-0.4, -0.2) is 25.5 Å². The van der Waals surface area contributed by atoms with E-state index in [2.05, 4.69) is 20.2 Å². The molecule has 0 saturated carbocycles. The molecule has 0 bridgehead atoms. The van der Waals surface area contributed by atoms with Crippen LogP contribution in [0.4, 0.5) is 5.69 Å². The van der Waals surface area contributed by atoms with Gasteiger partial charge in [0.05, 0.1) is 16.7 Å². The normalized spacial score (nSPS) is 11.5. The zero-order valence-electron chi connectivity index (χ0n) is 16.9. The number of benzene rings is 3. The number of sulfonamides is 1. The number of aromatic amines is 1. The predicted octanol–water partition coefficient (Wildman–Crippen LogP) is 3.75. The lowest BCUT2D eigenvalue weighted by Crippen LogP contribution is -2.19. The minimum Gasteiger partial charge on any atom is -0.321 e. The first-order chi connectivity index (χ1) is 15.8. The average molecular weight is 481 g/mol. The number of halogens is 1. The zero-order chi connectivity index (χ0) is 23.4. The Morgan fingerprint density at radius 2 is 1.67 bits per heavy atom. The number of H-pyrrole nitrogens is 1. The van der Waals surface area contributed by atoms with Gasteiger partial charge < -0.3 is 4.98 Å². The summed E-state index contributed by atoms with van der Waals surface area (Å²) in [5.41, 5.74) is 3.56. The minimum absolute atomic E-state index is 0.0618. The van der Waals surface area contributed by atoms with Gasteiger partial charge in [0.15, 0.2) is 0 Å². The van der Waals surface area contributed by atoms with Crippen molar-refractivity contribution in [3.05, 3.63) is 105 Å². The molecular weight excluding hydrogens is 464 g/mol. The Kier molecular flexibility index (Phi) is 6.25. The molecule has 33 heavy (non-hydrogen) atoms. The van der Waals surface area contributed by atoms with Crippen LogP contribution >= 0.6 is 11.6 Å². The fourth-order valence-corrected chi connectivity index (χ4v) is 4.19. The Labute approximate surface area is 194 Å². The van der Waals surface area contributed by atoms with E-state index in [0.29, 0.717) is 16.1 Å². The summed E-state index contributed by atoms with van der Waals surface area (Å²) in [6, 6.07) is 20.6. The van der Waals surface area contributed by atoms with Gasteiger partial charge in [0.1, 0.15) is 0 Å². The first-order valence-electron chi connectivity index (χ1n) is 9.66. The maximum Gasteiger partial charge on any atom is 0.271 e. The summed E-state index contributed by atoms with van der Waals surface area (Å²) < 4.78 is 27.3. The molecule has 4 rings (SSSR count). The Bertz CT molecular complexity index is 1510. The summed E-state index contributed by atoms with van der Waals surface area (Å²) in [5.74, 6) is -0.518. The second-order valence-corrected chi connectivity index (χ2v) is 9.10. The van der Waals surface area contributed by atoms with Crippen LogP contribution in [0, 0.1) is 0 Å². The summed E-state index contributed by atoms with van der Waals surface area (Å²) in [7, 11) is -3.79. The number of amides is 1. The van der Waals surface area contributed by atoms with Crippen LogP contribution in [-0.2, 0) is 10.0 Å². The number of pyridine rings is 1. The topological polar surface area (TPSA) is 120 Å². The molecule has 0 radical (unpaired) electrons. The molecule has 0 aliphatic rings. The van der Waals surface area contributed by atoms with Crippen LogP contribution in [0.25, 0.3) is 10.9 Å². The van der Waals surface area contributed by atoms with E-state index in [1.165, 1.54) is 54.7 Å². The highest BCUT2D eigenvalue weighted by molar-refractivity contribution is 7.92. The first-order valence-corrected chi connectivity index (χ1v) is 11.5. The fourth-order valence-electron chi connectivity index (χ4n) is 3.00. The molecule has 0 spiro atoms. The van der Waals surface area contributed by atoms with Crippen molar-refractivity contribution in [2.45, 2.75) is 4.90 Å². The monoisotopic (exact) mass is 480 g/mol. The van der Waals surface area contributed by atoms with E-state index < -0.39 is 15.9 Å². The molecule has 8 nitrogen and oxygen atoms in total. The molecular formula is C23H17ClN4O4S. The number of nitrogens with one attached hydrogen (secondary N) is 3. The smallest absolute Gasteiger partial charge is 0.271 e. The van der Waals surface area contributed by atoms with E-state index >= 15 is 0 Å². The first kappa shape index (κ1) is 22.3. The van der Waals surface area contributed by atoms with Crippen molar-refractivity contribution in [1.29, 1.82) is 0 Å². The Hall–Kier alpha value is -3.95. The quantitative estimate of drug-likeness (QED) is 0.287. The van der Waals surface area contributed by atoms with Crippen LogP contribution < -0.4 is 15.7 Å². The lowest BCUT2D eigenvalue weighted by Gasteiger charge is -2.08. The molecule has 1 aromatic heterocycles. The zero-order valence-corrected chi connectivity index (χ0v) is 18.5. The molecule has 1 heterocycles. The second kappa shape index (κ2) is 9.27. The molecule has 0 atom stereocenters. The summed E-state index contributed by atoms with van der Waals surface area (Å²) in [5, 5.41) is 5.11. The number of anilines is 1. The van der Waals surface area contributed by atoms with Crippen LogP contribution in [0.5, 0.6) is 0 Å². The molecule has 0 aliphatic carbocycles. The third kappa shape index (κ3) is 5.28. The van der Waals surface area contributed by atoms with Crippen LogP contribution in [0.15, 0.2) is 93.7 Å². The highest BCUT2D eigenvalue weighted by Gasteiger charge is 2.14. The van der Waals surface area contributed by atoms with Gasteiger partial charge in [-0.25, -0.2) is 13.8 Å². The van der Waals surface area contributed by atoms with Gasteiger partial charge in [-0.05, 0) is 66.0 Å². The van der Waals surface area contributed by atoms with Crippen molar-refractivity contribution in [2.75, 3.05) is 4.72 Å². The van der Waals surface area contributed by atoms with Gasteiger partial charge in [0, 0.05) is 21.8 Å². The average Bonchev–Trinajstić information content (AvgIpc) is 2.80. The molecule has 3 N–H and O–H groups in total. The number of carbonyl (C=O) groups excluding carboxylic acids is 1. The molecule has 0 aliphatic heterocycles. The van der Waals surface area contributed by atoms with Gasteiger partial charge >= 0.3 is 0 Å². The van der Waals surface area contributed by atoms with Gasteiger partial charge in [-0.15, -0.1) is 0 Å². The summed E-state index contributed by atoms with van der Waals surface area (Å²) in [4.78, 5) is 27.3. The van der Waals surface area contributed by atoms with Gasteiger partial charge in [0.25, 0.3) is 21.5 Å². The summed E-state index contributed by atoms with van der Waals surface area (Å²) in [6.07, 6.45) is 1.26. The second-order valence-electron chi connectivity index (χ2n) is 6.98. The standard InChI is InChI=1S/C23H17ClN4O4S/c24-18-7-11-20(12-8-18)33(31,32)28-19-9-5-15(6-10-19)23(30)27-25-14-17-13-16-3-1-2-4-21(16)26-22(17)29/h1-14,28H,(H,26,29)(H,27,30). The van der Waals surface area contributed by atoms with Crippen LogP contribution in [0.2, 0.25) is 5.02 Å². The number of rotatable bonds is 6. The van der Waals surface area contributed by atoms with Gasteiger partial charge in [-0.2, -0.15) is 5.10 Å². The summed E-state index contributed by atoms with van der Waals surface area (Å²) in [6.45, 7) is 0. The van der Waals surface area contributed by atoms with E-state index in [1.807, 2.05) is 18.2 Å². The Balaban J connectivity index is 1.42. The molecule has 10 heteroatoms. The van der Waals surface area contributed by atoms with Crippen molar-refractivity contribution >= 4 is 50.3 Å². The third-order valence-corrected chi connectivity index (χ3v) is 6.32. The largest absolute Gasteiger partial charge is 0.321 e. The maximum atomic E-state index is 12.4. The number of fused-ring (bicyclic) bond motifs is 1. The number of nitrogens with zero attached hydrogens (tertiary/aromatic N) is 1. The number of hydrazone groups is 1.